The van der Waals surface area contributed by atoms with Gasteiger partial charge in [-0.15, -0.1) is 11.6 Å². The van der Waals surface area contributed by atoms with E-state index in [1.165, 1.54) is 0 Å². The van der Waals surface area contributed by atoms with E-state index in [1.807, 2.05) is 0 Å². The summed E-state index contributed by atoms with van der Waals surface area (Å²) >= 11 is 6.10. The highest BCUT2D eigenvalue weighted by molar-refractivity contribution is 6.18. The second kappa shape index (κ2) is 6.25. The number of hydrogen-bond acceptors (Lipinski definition) is 6. The van der Waals surface area contributed by atoms with Crippen LogP contribution in [0.5, 0.6) is 11.8 Å². The Labute approximate surface area is 117 Å². The van der Waals surface area contributed by atoms with Crippen LogP contribution in [0.2, 0.25) is 0 Å². The molecule has 1 aliphatic rings. The highest BCUT2D eigenvalue weighted by Gasteiger charge is 2.32. The molecule has 0 atom stereocenters. The zero-order valence-electron chi connectivity index (χ0n) is 11.1. The Bertz CT molecular complexity index is 402. The maximum Gasteiger partial charge on any atom is 0.229 e. The number of nitrogens with zero attached hydrogens (tertiary/aromatic N) is 2. The van der Waals surface area contributed by atoms with Crippen LogP contribution in [0, 0.1) is 0 Å². The van der Waals surface area contributed by atoms with Gasteiger partial charge in [-0.2, -0.15) is 9.97 Å². The molecule has 1 saturated heterocycles. The van der Waals surface area contributed by atoms with Gasteiger partial charge in [0.2, 0.25) is 17.7 Å². The smallest absolute Gasteiger partial charge is 0.229 e. The van der Waals surface area contributed by atoms with Gasteiger partial charge < -0.3 is 19.5 Å². The normalized spacial score (nSPS) is 17.8. The molecular weight excluding hydrogens is 270 g/mol. The predicted molar refractivity (Wildman–Crippen MR) is 72.3 cm³/mol. The van der Waals surface area contributed by atoms with Gasteiger partial charge in [0.15, 0.2) is 0 Å². The molecule has 6 nitrogen and oxygen atoms in total. The van der Waals surface area contributed by atoms with Gasteiger partial charge in [0.25, 0.3) is 0 Å². The van der Waals surface area contributed by atoms with Crippen LogP contribution in [-0.4, -0.2) is 48.8 Å². The summed E-state index contributed by atoms with van der Waals surface area (Å²) in [6.45, 7) is 1.36. The summed E-state index contributed by atoms with van der Waals surface area (Å²) in [6, 6.07) is 1.63. The number of halogens is 1. The second-order valence-electron chi connectivity index (χ2n) is 4.43. The number of anilines is 1. The van der Waals surface area contributed by atoms with Crippen molar-refractivity contribution in [3.8, 4) is 11.8 Å². The Hall–Kier alpha value is -1.27. The third-order valence-corrected chi connectivity index (χ3v) is 3.69. The van der Waals surface area contributed by atoms with Crippen molar-refractivity contribution in [1.29, 1.82) is 0 Å². The molecule has 106 valence electrons. The lowest BCUT2D eigenvalue weighted by Gasteiger charge is -2.36. The van der Waals surface area contributed by atoms with E-state index in [4.69, 9.17) is 25.8 Å². The van der Waals surface area contributed by atoms with Gasteiger partial charge in [0.05, 0.1) is 25.8 Å². The number of methoxy groups -OCH3 is 2. The molecule has 1 fully saturated rings. The van der Waals surface area contributed by atoms with Crippen LogP contribution in [0.25, 0.3) is 0 Å². The monoisotopic (exact) mass is 287 g/mol. The molecule has 1 N–H and O–H groups in total. The minimum atomic E-state index is -0.239. The number of nitrogens with one attached hydrogen (secondary N) is 1. The Morgan fingerprint density at radius 1 is 1.26 bits per heavy atom. The molecule has 1 aliphatic heterocycles. The molecule has 0 aromatic carbocycles. The SMILES string of the molecule is COc1cc(OC)nc(NC2(CCl)CCOCC2)n1. The molecule has 19 heavy (non-hydrogen) atoms. The Balaban J connectivity index is 2.20. The summed E-state index contributed by atoms with van der Waals surface area (Å²) in [5.41, 5.74) is -0.239. The van der Waals surface area contributed by atoms with Crippen LogP contribution < -0.4 is 14.8 Å². The molecule has 0 radical (unpaired) electrons. The highest BCUT2D eigenvalue weighted by Crippen LogP contribution is 2.27. The molecule has 0 bridgehead atoms. The van der Waals surface area contributed by atoms with E-state index >= 15 is 0 Å². The number of alkyl halides is 1. The Morgan fingerprint density at radius 3 is 2.32 bits per heavy atom. The summed E-state index contributed by atoms with van der Waals surface area (Å²) < 4.78 is 15.6. The van der Waals surface area contributed by atoms with E-state index in [2.05, 4.69) is 15.3 Å². The average molecular weight is 288 g/mol. The minimum absolute atomic E-state index is 0.239. The van der Waals surface area contributed by atoms with Crippen LogP contribution in [0.4, 0.5) is 5.95 Å². The van der Waals surface area contributed by atoms with E-state index in [1.54, 1.807) is 20.3 Å². The Kier molecular flexibility index (Phi) is 4.66. The fourth-order valence-electron chi connectivity index (χ4n) is 1.96. The highest BCUT2D eigenvalue weighted by atomic mass is 35.5. The molecule has 2 heterocycles. The molecule has 1 aromatic heterocycles. The number of hydrogen-bond donors (Lipinski definition) is 1. The minimum Gasteiger partial charge on any atom is -0.481 e. The quantitative estimate of drug-likeness (QED) is 0.832. The number of aromatic nitrogens is 2. The maximum atomic E-state index is 6.10. The molecule has 0 unspecified atom stereocenters. The van der Waals surface area contributed by atoms with Crippen molar-refractivity contribution in [3.05, 3.63) is 6.07 Å². The summed E-state index contributed by atoms with van der Waals surface area (Å²) in [6.07, 6.45) is 1.64. The zero-order valence-corrected chi connectivity index (χ0v) is 11.9. The average Bonchev–Trinajstić information content (AvgIpc) is 2.47. The van der Waals surface area contributed by atoms with Gasteiger partial charge in [0, 0.05) is 19.1 Å². The first-order valence-electron chi connectivity index (χ1n) is 6.10. The van der Waals surface area contributed by atoms with Gasteiger partial charge in [0.1, 0.15) is 0 Å². The molecular formula is C12H18ClN3O3. The van der Waals surface area contributed by atoms with E-state index in [0.29, 0.717) is 36.8 Å². The van der Waals surface area contributed by atoms with Gasteiger partial charge >= 0.3 is 0 Å². The van der Waals surface area contributed by atoms with Crippen molar-refractivity contribution >= 4 is 17.5 Å². The van der Waals surface area contributed by atoms with Crippen molar-refractivity contribution in [2.45, 2.75) is 18.4 Å². The van der Waals surface area contributed by atoms with Crippen molar-refractivity contribution in [3.63, 3.8) is 0 Å². The van der Waals surface area contributed by atoms with E-state index in [-0.39, 0.29) is 5.54 Å². The number of ether oxygens (including phenoxy) is 3. The van der Waals surface area contributed by atoms with E-state index in [9.17, 15) is 0 Å². The number of rotatable bonds is 5. The van der Waals surface area contributed by atoms with E-state index < -0.39 is 0 Å². The lowest BCUT2D eigenvalue weighted by Crippen LogP contribution is -2.45. The lowest BCUT2D eigenvalue weighted by atomic mass is 9.92. The van der Waals surface area contributed by atoms with Crippen molar-refractivity contribution in [1.82, 2.24) is 9.97 Å². The first-order valence-corrected chi connectivity index (χ1v) is 6.64. The predicted octanol–water partition coefficient (Wildman–Crippen LogP) is 1.69. The Morgan fingerprint density at radius 2 is 1.84 bits per heavy atom. The van der Waals surface area contributed by atoms with Crippen molar-refractivity contribution in [2.24, 2.45) is 0 Å². The van der Waals surface area contributed by atoms with Crippen molar-refractivity contribution < 1.29 is 14.2 Å². The summed E-state index contributed by atoms with van der Waals surface area (Å²) in [5, 5.41) is 3.30. The summed E-state index contributed by atoms with van der Waals surface area (Å²) in [4.78, 5) is 8.53. The third kappa shape index (κ3) is 3.39. The molecule has 2 rings (SSSR count). The lowest BCUT2D eigenvalue weighted by molar-refractivity contribution is 0.0665. The summed E-state index contributed by atoms with van der Waals surface area (Å²) in [5.74, 6) is 1.83. The first kappa shape index (κ1) is 14.1. The first-order chi connectivity index (χ1) is 9.21. The fourth-order valence-corrected chi connectivity index (χ4v) is 2.29. The maximum absolute atomic E-state index is 6.10. The van der Waals surface area contributed by atoms with Crippen LogP contribution in [0.3, 0.4) is 0 Å². The van der Waals surface area contributed by atoms with Crippen molar-refractivity contribution in [2.75, 3.05) is 38.6 Å². The molecule has 0 amide bonds. The molecule has 0 aliphatic carbocycles. The largest absolute Gasteiger partial charge is 0.481 e. The van der Waals surface area contributed by atoms with Crippen LogP contribution >= 0.6 is 11.6 Å². The van der Waals surface area contributed by atoms with Crippen LogP contribution in [-0.2, 0) is 4.74 Å². The molecule has 0 saturated carbocycles. The standard InChI is InChI=1S/C12H18ClN3O3/c1-17-9-7-10(18-2)15-11(14-9)16-12(8-13)3-5-19-6-4-12/h7H,3-6,8H2,1-2H3,(H,14,15,16). The second-order valence-corrected chi connectivity index (χ2v) is 4.69. The van der Waals surface area contributed by atoms with Gasteiger partial charge in [-0.05, 0) is 12.8 Å². The van der Waals surface area contributed by atoms with Crippen LogP contribution in [0.15, 0.2) is 6.07 Å². The third-order valence-electron chi connectivity index (χ3n) is 3.18. The fraction of sp³-hybridized carbons (Fsp3) is 0.667. The van der Waals surface area contributed by atoms with Gasteiger partial charge in [-0.1, -0.05) is 0 Å². The zero-order chi connectivity index (χ0) is 13.7. The molecule has 0 spiro atoms. The topological polar surface area (TPSA) is 65.5 Å². The van der Waals surface area contributed by atoms with Gasteiger partial charge in [-0.25, -0.2) is 0 Å². The van der Waals surface area contributed by atoms with E-state index in [0.717, 1.165) is 12.8 Å². The summed E-state index contributed by atoms with van der Waals surface area (Å²) in [7, 11) is 3.11. The van der Waals surface area contributed by atoms with Crippen LogP contribution in [0.1, 0.15) is 12.8 Å². The molecule has 1 aromatic rings. The van der Waals surface area contributed by atoms with Gasteiger partial charge in [-0.3, -0.25) is 0 Å². The molecule has 7 heteroatoms.